The molecule has 2 aromatic carbocycles. The smallest absolute Gasteiger partial charge is 0.439 e. The molecule has 0 saturated carbocycles. The molecule has 0 radical (unpaired) electrons. The highest BCUT2D eigenvalue weighted by Gasteiger charge is 2.15. The topological polar surface area (TPSA) is 101 Å². The summed E-state index contributed by atoms with van der Waals surface area (Å²) in [5, 5.41) is 14.2. The van der Waals surface area contributed by atoms with Crippen LogP contribution >= 0.6 is 0 Å². The molecule has 0 saturated heterocycles. The van der Waals surface area contributed by atoms with Crippen molar-refractivity contribution in [1.29, 1.82) is 0 Å². The van der Waals surface area contributed by atoms with E-state index >= 15 is 0 Å². The van der Waals surface area contributed by atoms with E-state index in [2.05, 4.69) is 32.9 Å². The first-order valence-corrected chi connectivity index (χ1v) is 11.5. The molecule has 1 aliphatic carbocycles. The van der Waals surface area contributed by atoms with Crippen LogP contribution in [0.4, 0.5) is 0 Å². The van der Waals surface area contributed by atoms with Gasteiger partial charge in [0.05, 0.1) is 0 Å². The molecular weight excluding hydrogens is 430 g/mol. The second-order valence-corrected chi connectivity index (χ2v) is 8.90. The summed E-state index contributed by atoms with van der Waals surface area (Å²) >= 11 is 0. The maximum absolute atomic E-state index is 11.1. The van der Waals surface area contributed by atoms with Gasteiger partial charge in [-0.3, -0.25) is 9.51 Å². The van der Waals surface area contributed by atoms with E-state index in [1.807, 2.05) is 32.0 Å². The number of ether oxygens (including phenoxy) is 1. The fourth-order valence-corrected chi connectivity index (χ4v) is 4.65. The Kier molecular flexibility index (Phi) is 5.92. The lowest BCUT2D eigenvalue weighted by atomic mass is 9.89. The summed E-state index contributed by atoms with van der Waals surface area (Å²) in [6.45, 7) is 4.20. The summed E-state index contributed by atoms with van der Waals surface area (Å²) in [7, 11) is 0. The highest BCUT2D eigenvalue weighted by molar-refractivity contribution is 5.67. The predicted octanol–water partition coefficient (Wildman–Crippen LogP) is 4.80. The van der Waals surface area contributed by atoms with Crippen molar-refractivity contribution < 1.29 is 14.4 Å². The molecular formula is C27H27N3O4. The first-order valence-electron chi connectivity index (χ1n) is 11.5. The van der Waals surface area contributed by atoms with Crippen LogP contribution in [0.2, 0.25) is 0 Å². The average Bonchev–Trinajstić information content (AvgIpc) is 3.26. The molecule has 0 amide bonds. The molecule has 0 bridgehead atoms. The number of benzene rings is 2. The standard InChI is InChI=1S/C27H27N3O4/c1-16-11-22(33-15-25-29-27(32)34-30-25)12-17(2)23(16)14-21-9-10-24(31)26(28-21)20-8-7-18-5-3-4-6-19(18)13-20/h7-13,31H,3-6,14-15H2,1-2H3,(H,29,30,32). The van der Waals surface area contributed by atoms with Crippen molar-refractivity contribution >= 4 is 0 Å². The van der Waals surface area contributed by atoms with Crippen molar-refractivity contribution in [2.45, 2.75) is 52.6 Å². The fraction of sp³-hybridized carbons (Fsp3) is 0.296. The van der Waals surface area contributed by atoms with Gasteiger partial charge in [-0.05, 0) is 97.7 Å². The van der Waals surface area contributed by atoms with E-state index < -0.39 is 5.76 Å². The normalized spacial score (nSPS) is 13.0. The molecule has 7 heteroatoms. The van der Waals surface area contributed by atoms with Gasteiger partial charge in [0, 0.05) is 17.7 Å². The van der Waals surface area contributed by atoms with Gasteiger partial charge in [0.25, 0.3) is 0 Å². The van der Waals surface area contributed by atoms with Crippen LogP contribution < -0.4 is 10.5 Å². The van der Waals surface area contributed by atoms with E-state index in [9.17, 15) is 9.90 Å². The SMILES string of the molecule is Cc1cc(OCc2noc(=O)[nH]2)cc(C)c1Cc1ccc(O)c(-c2ccc3c(c2)CCCC3)n1. The molecule has 2 aromatic heterocycles. The molecule has 4 aromatic rings. The number of nitrogens with zero attached hydrogens (tertiary/aromatic N) is 2. The zero-order valence-electron chi connectivity index (χ0n) is 19.4. The van der Waals surface area contributed by atoms with Gasteiger partial charge in [-0.25, -0.2) is 9.78 Å². The molecule has 2 N–H and O–H groups in total. The first kappa shape index (κ1) is 21.9. The van der Waals surface area contributed by atoms with Crippen molar-refractivity contribution in [2.75, 3.05) is 0 Å². The minimum atomic E-state index is -0.600. The number of aromatic hydroxyl groups is 1. The van der Waals surface area contributed by atoms with Crippen molar-refractivity contribution in [3.8, 4) is 22.8 Å². The molecule has 0 atom stereocenters. The third kappa shape index (κ3) is 4.59. The maximum Gasteiger partial charge on any atom is 0.439 e. The monoisotopic (exact) mass is 457 g/mol. The minimum Gasteiger partial charge on any atom is -0.506 e. The second kappa shape index (κ2) is 9.17. The van der Waals surface area contributed by atoms with Gasteiger partial charge in [0.1, 0.15) is 23.8 Å². The lowest BCUT2D eigenvalue weighted by Crippen LogP contribution is -2.04. The third-order valence-corrected chi connectivity index (χ3v) is 6.44. The number of fused-ring (bicyclic) bond motifs is 1. The molecule has 0 spiro atoms. The van der Waals surface area contributed by atoms with Crippen molar-refractivity contribution in [1.82, 2.24) is 15.1 Å². The van der Waals surface area contributed by atoms with E-state index in [0.29, 0.717) is 23.7 Å². The van der Waals surface area contributed by atoms with Crippen LogP contribution in [0.3, 0.4) is 0 Å². The van der Waals surface area contributed by atoms with Gasteiger partial charge < -0.3 is 9.84 Å². The molecule has 0 unspecified atom stereocenters. The van der Waals surface area contributed by atoms with Crippen molar-refractivity contribution in [3.05, 3.63) is 92.4 Å². The molecule has 0 aliphatic heterocycles. The maximum atomic E-state index is 11.1. The van der Waals surface area contributed by atoms with E-state index in [-0.39, 0.29) is 12.4 Å². The molecule has 34 heavy (non-hydrogen) atoms. The summed E-state index contributed by atoms with van der Waals surface area (Å²) in [4.78, 5) is 18.4. The Morgan fingerprint density at radius 2 is 1.79 bits per heavy atom. The Morgan fingerprint density at radius 3 is 2.53 bits per heavy atom. The fourth-order valence-electron chi connectivity index (χ4n) is 4.65. The number of hydrogen-bond acceptors (Lipinski definition) is 6. The summed E-state index contributed by atoms with van der Waals surface area (Å²) in [6, 6.07) is 14.0. The summed E-state index contributed by atoms with van der Waals surface area (Å²) in [5.74, 6) is 0.628. The molecule has 1 aliphatic rings. The largest absolute Gasteiger partial charge is 0.506 e. The van der Waals surface area contributed by atoms with Gasteiger partial charge in [-0.2, -0.15) is 0 Å². The number of rotatable bonds is 6. The Balaban J connectivity index is 1.37. The average molecular weight is 458 g/mol. The number of aryl methyl sites for hydroxylation is 4. The van der Waals surface area contributed by atoms with Crippen LogP contribution in [-0.4, -0.2) is 20.2 Å². The molecule has 0 fully saturated rings. The third-order valence-electron chi connectivity index (χ3n) is 6.44. The minimum absolute atomic E-state index is 0.119. The van der Waals surface area contributed by atoms with Crippen molar-refractivity contribution in [2.24, 2.45) is 0 Å². The lowest BCUT2D eigenvalue weighted by molar-refractivity contribution is 0.285. The van der Waals surface area contributed by atoms with Gasteiger partial charge in [-0.1, -0.05) is 17.3 Å². The zero-order chi connectivity index (χ0) is 23.7. The van der Waals surface area contributed by atoms with E-state index in [1.165, 1.54) is 24.0 Å². The number of aromatic amines is 1. The predicted molar refractivity (Wildman–Crippen MR) is 128 cm³/mol. The van der Waals surface area contributed by atoms with Crippen LogP contribution in [0.1, 0.15) is 52.2 Å². The molecule has 174 valence electrons. The quantitative estimate of drug-likeness (QED) is 0.431. The first-order chi connectivity index (χ1) is 16.5. The van der Waals surface area contributed by atoms with Gasteiger partial charge in [-0.15, -0.1) is 0 Å². The van der Waals surface area contributed by atoms with Crippen LogP contribution in [0.25, 0.3) is 11.3 Å². The highest BCUT2D eigenvalue weighted by Crippen LogP contribution is 2.32. The summed E-state index contributed by atoms with van der Waals surface area (Å²) < 4.78 is 10.3. The Hall–Kier alpha value is -3.87. The van der Waals surface area contributed by atoms with Gasteiger partial charge >= 0.3 is 5.76 Å². The number of hydrogen-bond donors (Lipinski definition) is 2. The van der Waals surface area contributed by atoms with Gasteiger partial charge in [0.2, 0.25) is 0 Å². The van der Waals surface area contributed by atoms with E-state index in [1.54, 1.807) is 6.07 Å². The van der Waals surface area contributed by atoms with Crippen LogP contribution in [0, 0.1) is 13.8 Å². The Labute approximate surface area is 197 Å². The Bertz CT molecular complexity index is 1380. The van der Waals surface area contributed by atoms with E-state index in [4.69, 9.17) is 9.72 Å². The second-order valence-electron chi connectivity index (χ2n) is 8.90. The summed E-state index contributed by atoms with van der Waals surface area (Å²) in [6.07, 6.45) is 5.32. The number of nitrogens with one attached hydrogen (secondary N) is 1. The molecule has 2 heterocycles. The summed E-state index contributed by atoms with van der Waals surface area (Å²) in [5.41, 5.74) is 8.58. The zero-order valence-corrected chi connectivity index (χ0v) is 19.4. The van der Waals surface area contributed by atoms with Crippen molar-refractivity contribution in [3.63, 3.8) is 0 Å². The number of H-pyrrole nitrogens is 1. The number of aromatic nitrogens is 3. The van der Waals surface area contributed by atoms with E-state index in [0.717, 1.165) is 40.8 Å². The molecule has 5 rings (SSSR count). The number of pyridine rings is 1. The van der Waals surface area contributed by atoms with Crippen LogP contribution in [-0.2, 0) is 25.9 Å². The Morgan fingerprint density at radius 1 is 1.03 bits per heavy atom. The highest BCUT2D eigenvalue weighted by atomic mass is 16.5. The van der Waals surface area contributed by atoms with Crippen LogP contribution in [0.5, 0.6) is 11.5 Å². The van der Waals surface area contributed by atoms with Crippen LogP contribution in [0.15, 0.2) is 51.8 Å². The lowest BCUT2D eigenvalue weighted by Gasteiger charge is -2.17. The van der Waals surface area contributed by atoms with Gasteiger partial charge in [0.15, 0.2) is 5.82 Å². The molecule has 7 nitrogen and oxygen atoms in total.